The average molecular weight is 421 g/mol. The van der Waals surface area contributed by atoms with Crippen LogP contribution in [0.4, 0.5) is 0 Å². The first-order valence-electron chi connectivity index (χ1n) is 11.0. The minimum absolute atomic E-state index is 0.295. The molecule has 1 aliphatic rings. The summed E-state index contributed by atoms with van der Waals surface area (Å²) < 4.78 is 7.11. The van der Waals surface area contributed by atoms with Crippen molar-refractivity contribution in [3.8, 4) is 0 Å². The van der Waals surface area contributed by atoms with Gasteiger partial charge in [0.25, 0.3) is 5.91 Å². The van der Waals surface area contributed by atoms with Crippen LogP contribution in [0, 0.1) is 0 Å². The monoisotopic (exact) mass is 420 g/mol. The van der Waals surface area contributed by atoms with E-state index in [0.29, 0.717) is 18.2 Å². The Morgan fingerprint density at radius 3 is 2.71 bits per heavy atom. The standard InChI is InChI=1S/C24H28N4O3/c29-22(25-13-7-6-10-18-8-2-1-3-9-18)17-31-24(30)20-14-19-16-27-28(23(19)26-15-20)21-11-4-5-12-21/h1-3,8-9,14-16,21H,4-7,10-13,17H2,(H,25,29). The average Bonchev–Trinajstić information content (AvgIpc) is 3.47. The van der Waals surface area contributed by atoms with Crippen LogP contribution in [-0.4, -0.2) is 39.8 Å². The number of ether oxygens (including phenoxy) is 1. The maximum absolute atomic E-state index is 12.3. The Hall–Kier alpha value is -3.22. The summed E-state index contributed by atoms with van der Waals surface area (Å²) in [7, 11) is 0. The molecule has 0 atom stereocenters. The van der Waals surface area contributed by atoms with Crippen LogP contribution in [0.3, 0.4) is 0 Å². The molecule has 1 aliphatic carbocycles. The summed E-state index contributed by atoms with van der Waals surface area (Å²) in [5.41, 5.74) is 2.41. The molecule has 0 aliphatic heterocycles. The maximum Gasteiger partial charge on any atom is 0.340 e. The molecule has 3 aromatic rings. The Morgan fingerprint density at radius 2 is 1.90 bits per heavy atom. The van der Waals surface area contributed by atoms with Crippen molar-refractivity contribution in [2.75, 3.05) is 13.2 Å². The van der Waals surface area contributed by atoms with E-state index in [1.165, 1.54) is 24.6 Å². The van der Waals surface area contributed by atoms with Gasteiger partial charge in [-0.3, -0.25) is 4.79 Å². The molecule has 0 radical (unpaired) electrons. The lowest BCUT2D eigenvalue weighted by Gasteiger charge is -2.10. The van der Waals surface area contributed by atoms with Crippen LogP contribution in [-0.2, 0) is 16.0 Å². The Balaban J connectivity index is 1.20. The van der Waals surface area contributed by atoms with Crippen molar-refractivity contribution in [3.63, 3.8) is 0 Å². The van der Waals surface area contributed by atoms with E-state index in [-0.39, 0.29) is 12.5 Å². The first-order valence-corrected chi connectivity index (χ1v) is 11.0. The number of aryl methyl sites for hydroxylation is 1. The minimum Gasteiger partial charge on any atom is -0.452 e. The summed E-state index contributed by atoms with van der Waals surface area (Å²) in [6.45, 7) is 0.272. The number of carbonyl (C=O) groups excluding carboxylic acids is 2. The molecular weight excluding hydrogens is 392 g/mol. The number of nitrogens with one attached hydrogen (secondary N) is 1. The van der Waals surface area contributed by atoms with Gasteiger partial charge in [-0.15, -0.1) is 0 Å². The molecule has 0 unspecified atom stereocenters. The zero-order chi connectivity index (χ0) is 21.5. The number of aromatic nitrogens is 3. The van der Waals surface area contributed by atoms with Gasteiger partial charge in [0.15, 0.2) is 12.3 Å². The van der Waals surface area contributed by atoms with E-state index in [0.717, 1.165) is 43.1 Å². The fraction of sp³-hybridized carbons (Fsp3) is 0.417. The normalized spacial score (nSPS) is 14.1. The highest BCUT2D eigenvalue weighted by atomic mass is 16.5. The Kier molecular flexibility index (Phi) is 6.92. The lowest BCUT2D eigenvalue weighted by atomic mass is 10.1. The number of pyridine rings is 1. The van der Waals surface area contributed by atoms with Crippen molar-refractivity contribution in [1.29, 1.82) is 0 Å². The van der Waals surface area contributed by atoms with Crippen molar-refractivity contribution >= 4 is 22.9 Å². The summed E-state index contributed by atoms with van der Waals surface area (Å²) in [6, 6.07) is 12.4. The number of hydrogen-bond donors (Lipinski definition) is 1. The van der Waals surface area contributed by atoms with E-state index in [1.807, 2.05) is 22.9 Å². The number of carbonyl (C=O) groups is 2. The van der Waals surface area contributed by atoms with Crippen LogP contribution in [0.2, 0.25) is 0 Å². The van der Waals surface area contributed by atoms with Crippen molar-refractivity contribution in [2.45, 2.75) is 51.0 Å². The van der Waals surface area contributed by atoms with Gasteiger partial charge in [-0.2, -0.15) is 5.10 Å². The first kappa shape index (κ1) is 21.0. The number of hydrogen-bond acceptors (Lipinski definition) is 5. The third kappa shape index (κ3) is 5.48. The smallest absolute Gasteiger partial charge is 0.340 e. The topological polar surface area (TPSA) is 86.1 Å². The molecule has 7 nitrogen and oxygen atoms in total. The zero-order valence-electron chi connectivity index (χ0n) is 17.6. The first-order chi connectivity index (χ1) is 15.2. The Bertz CT molecular complexity index is 1030. The molecule has 0 bridgehead atoms. The van der Waals surface area contributed by atoms with Crippen LogP contribution in [0.5, 0.6) is 0 Å². The molecule has 0 spiro atoms. The van der Waals surface area contributed by atoms with Gasteiger partial charge < -0.3 is 10.1 Å². The second kappa shape index (κ2) is 10.2. The molecule has 162 valence electrons. The molecule has 2 heterocycles. The predicted molar refractivity (Wildman–Crippen MR) is 118 cm³/mol. The SMILES string of the molecule is O=C(COC(=O)c1cnc2c(cnn2C2CCCC2)c1)NCCCCc1ccccc1. The van der Waals surface area contributed by atoms with Gasteiger partial charge in [0.05, 0.1) is 17.8 Å². The fourth-order valence-corrected chi connectivity index (χ4v) is 4.06. The Labute approximate surface area is 181 Å². The van der Waals surface area contributed by atoms with Gasteiger partial charge in [0.1, 0.15) is 0 Å². The highest BCUT2D eigenvalue weighted by Crippen LogP contribution is 2.31. The van der Waals surface area contributed by atoms with Crippen molar-refractivity contribution < 1.29 is 14.3 Å². The summed E-state index contributed by atoms with van der Waals surface area (Å²) in [5.74, 6) is -0.849. The molecule has 1 amide bonds. The zero-order valence-corrected chi connectivity index (χ0v) is 17.6. The molecule has 4 rings (SSSR count). The quantitative estimate of drug-likeness (QED) is 0.420. The van der Waals surface area contributed by atoms with E-state index in [9.17, 15) is 9.59 Å². The van der Waals surface area contributed by atoms with Gasteiger partial charge in [-0.05, 0) is 43.7 Å². The fourth-order valence-electron chi connectivity index (χ4n) is 4.06. The molecule has 1 N–H and O–H groups in total. The predicted octanol–water partition coefficient (Wildman–Crippen LogP) is 3.84. The van der Waals surface area contributed by atoms with Crippen LogP contribution < -0.4 is 5.32 Å². The van der Waals surface area contributed by atoms with Crippen LogP contribution in [0.15, 0.2) is 48.8 Å². The molecule has 1 fully saturated rings. The second-order valence-corrected chi connectivity index (χ2v) is 8.03. The molecule has 1 aromatic carbocycles. The number of fused-ring (bicyclic) bond motifs is 1. The third-order valence-electron chi connectivity index (χ3n) is 5.73. The molecule has 1 saturated carbocycles. The third-order valence-corrected chi connectivity index (χ3v) is 5.73. The Morgan fingerprint density at radius 1 is 1.10 bits per heavy atom. The van der Waals surface area contributed by atoms with Crippen molar-refractivity contribution in [2.24, 2.45) is 0 Å². The summed E-state index contributed by atoms with van der Waals surface area (Å²) >= 11 is 0. The lowest BCUT2D eigenvalue weighted by molar-refractivity contribution is -0.124. The lowest BCUT2D eigenvalue weighted by Crippen LogP contribution is -2.29. The van der Waals surface area contributed by atoms with E-state index in [2.05, 4.69) is 27.5 Å². The van der Waals surface area contributed by atoms with E-state index < -0.39 is 5.97 Å². The molecule has 2 aromatic heterocycles. The van der Waals surface area contributed by atoms with Gasteiger partial charge in [-0.25, -0.2) is 14.5 Å². The maximum atomic E-state index is 12.3. The number of nitrogens with zero attached hydrogens (tertiary/aromatic N) is 3. The largest absolute Gasteiger partial charge is 0.452 e. The van der Waals surface area contributed by atoms with Gasteiger partial charge in [0, 0.05) is 18.1 Å². The van der Waals surface area contributed by atoms with E-state index >= 15 is 0 Å². The molecule has 7 heteroatoms. The van der Waals surface area contributed by atoms with Crippen molar-refractivity contribution in [1.82, 2.24) is 20.1 Å². The van der Waals surface area contributed by atoms with Crippen molar-refractivity contribution in [3.05, 3.63) is 59.9 Å². The summed E-state index contributed by atoms with van der Waals surface area (Å²) in [5, 5.41) is 8.06. The van der Waals surface area contributed by atoms with E-state index in [1.54, 1.807) is 12.3 Å². The number of unbranched alkanes of at least 4 members (excludes halogenated alkanes) is 1. The molecule has 0 saturated heterocycles. The summed E-state index contributed by atoms with van der Waals surface area (Å²) in [4.78, 5) is 28.7. The second-order valence-electron chi connectivity index (χ2n) is 8.03. The van der Waals surface area contributed by atoms with Gasteiger partial charge in [0.2, 0.25) is 0 Å². The highest BCUT2D eigenvalue weighted by Gasteiger charge is 2.21. The number of esters is 1. The number of benzene rings is 1. The van der Waals surface area contributed by atoms with Crippen LogP contribution in [0.25, 0.3) is 11.0 Å². The van der Waals surface area contributed by atoms with Crippen LogP contribution in [0.1, 0.15) is 60.5 Å². The minimum atomic E-state index is -0.553. The van der Waals surface area contributed by atoms with Gasteiger partial charge >= 0.3 is 5.97 Å². The summed E-state index contributed by atoms with van der Waals surface area (Å²) in [6.07, 6.45) is 10.7. The molecule has 31 heavy (non-hydrogen) atoms. The number of rotatable bonds is 9. The van der Waals surface area contributed by atoms with Gasteiger partial charge in [-0.1, -0.05) is 43.2 Å². The molecular formula is C24H28N4O3. The van der Waals surface area contributed by atoms with E-state index in [4.69, 9.17) is 4.74 Å². The number of amides is 1. The van der Waals surface area contributed by atoms with Crippen LogP contribution >= 0.6 is 0 Å². The highest BCUT2D eigenvalue weighted by molar-refractivity contribution is 5.94.